The van der Waals surface area contributed by atoms with Crippen molar-refractivity contribution >= 4 is 46.9 Å². The van der Waals surface area contributed by atoms with Crippen LogP contribution in [0.25, 0.3) is 0 Å². The SMILES string of the molecule is CCCC(C)(NCCNc1nc(SCc2ccc(Cl)cc2)nc(C(C)(CC)NCCN(Cc2ccccc2[N+](=O)[O-])C(C)=O)n1)C(=O)OC(C)(C)C. The molecule has 2 aromatic carbocycles. The number of esters is 1. The summed E-state index contributed by atoms with van der Waals surface area (Å²) in [5.74, 6) is 1.05. The fraction of sp³-hybridized carbons (Fsp3) is 0.541. The summed E-state index contributed by atoms with van der Waals surface area (Å²) in [6.07, 6.45) is 2.04. The molecule has 1 aromatic heterocycles. The molecule has 1 heterocycles. The molecule has 0 saturated heterocycles. The van der Waals surface area contributed by atoms with Gasteiger partial charge in [0.15, 0.2) is 11.0 Å². The Hall–Kier alpha value is -3.85. The first kappa shape index (κ1) is 42.6. The Morgan fingerprint density at radius 3 is 2.27 bits per heavy atom. The van der Waals surface area contributed by atoms with E-state index in [2.05, 4.69) is 16.0 Å². The molecule has 0 aliphatic heterocycles. The van der Waals surface area contributed by atoms with E-state index in [4.69, 9.17) is 31.3 Å². The van der Waals surface area contributed by atoms with E-state index in [0.29, 0.717) is 72.3 Å². The van der Waals surface area contributed by atoms with Gasteiger partial charge in [0, 0.05) is 55.5 Å². The van der Waals surface area contributed by atoms with Gasteiger partial charge in [-0.05, 0) is 65.2 Å². The first-order chi connectivity index (χ1) is 24.5. The molecule has 13 nitrogen and oxygen atoms in total. The number of aromatic nitrogens is 3. The van der Waals surface area contributed by atoms with Crippen molar-refractivity contribution in [3.63, 3.8) is 0 Å². The molecule has 0 bridgehead atoms. The Bertz CT molecular complexity index is 1660. The first-order valence-electron chi connectivity index (χ1n) is 17.6. The monoisotopic (exact) mass is 756 g/mol. The van der Waals surface area contributed by atoms with Crippen molar-refractivity contribution < 1.29 is 19.2 Å². The molecule has 2 atom stereocenters. The van der Waals surface area contributed by atoms with Gasteiger partial charge in [-0.3, -0.25) is 19.7 Å². The van der Waals surface area contributed by atoms with Gasteiger partial charge in [0.2, 0.25) is 11.9 Å². The summed E-state index contributed by atoms with van der Waals surface area (Å²) in [6.45, 7) is 16.6. The third-order valence-corrected chi connectivity index (χ3v) is 9.68. The maximum atomic E-state index is 13.1. The Kier molecular flexibility index (Phi) is 15.8. The summed E-state index contributed by atoms with van der Waals surface area (Å²) < 4.78 is 5.71. The highest BCUT2D eigenvalue weighted by molar-refractivity contribution is 7.98. The molecule has 3 rings (SSSR count). The number of nitro benzene ring substituents is 1. The fourth-order valence-corrected chi connectivity index (χ4v) is 6.26. The Morgan fingerprint density at radius 2 is 1.65 bits per heavy atom. The normalized spacial score (nSPS) is 13.9. The number of carbonyl (C=O) groups excluding carboxylic acids is 2. The molecule has 284 valence electrons. The predicted octanol–water partition coefficient (Wildman–Crippen LogP) is 6.89. The number of nitrogens with zero attached hydrogens (tertiary/aromatic N) is 5. The van der Waals surface area contributed by atoms with E-state index in [-0.39, 0.29) is 24.1 Å². The van der Waals surface area contributed by atoms with E-state index in [9.17, 15) is 19.7 Å². The van der Waals surface area contributed by atoms with Crippen LogP contribution in [0, 0.1) is 10.1 Å². The number of rotatable bonds is 20. The number of nitro groups is 1. The quantitative estimate of drug-likeness (QED) is 0.0360. The number of amides is 1. The van der Waals surface area contributed by atoms with Gasteiger partial charge in [0.25, 0.3) is 5.69 Å². The van der Waals surface area contributed by atoms with E-state index < -0.39 is 21.6 Å². The van der Waals surface area contributed by atoms with Crippen molar-refractivity contribution in [1.29, 1.82) is 0 Å². The molecule has 52 heavy (non-hydrogen) atoms. The van der Waals surface area contributed by atoms with Crippen LogP contribution in [0.1, 0.15) is 91.6 Å². The number of carbonyl (C=O) groups is 2. The predicted molar refractivity (Wildman–Crippen MR) is 206 cm³/mol. The van der Waals surface area contributed by atoms with Crippen LogP contribution in [0.2, 0.25) is 5.02 Å². The highest BCUT2D eigenvalue weighted by Crippen LogP contribution is 2.27. The number of halogens is 1. The average molecular weight is 757 g/mol. The second-order valence-corrected chi connectivity index (χ2v) is 15.4. The summed E-state index contributed by atoms with van der Waals surface area (Å²) in [6, 6.07) is 14.1. The molecule has 3 N–H and O–H groups in total. The zero-order valence-corrected chi connectivity index (χ0v) is 33.1. The Balaban J connectivity index is 1.80. The van der Waals surface area contributed by atoms with Crippen LogP contribution in [0.15, 0.2) is 53.7 Å². The Labute approximate surface area is 316 Å². The Morgan fingerprint density at radius 1 is 0.962 bits per heavy atom. The minimum atomic E-state index is -0.850. The number of thioether (sulfide) groups is 1. The van der Waals surface area contributed by atoms with Crippen LogP contribution in [-0.2, 0) is 32.2 Å². The van der Waals surface area contributed by atoms with Gasteiger partial charge < -0.3 is 25.6 Å². The molecule has 2 unspecified atom stereocenters. The van der Waals surface area contributed by atoms with Crippen LogP contribution in [-0.4, -0.2) is 74.0 Å². The van der Waals surface area contributed by atoms with E-state index >= 15 is 0 Å². The molecule has 0 spiro atoms. The molecule has 15 heteroatoms. The maximum absolute atomic E-state index is 13.1. The lowest BCUT2D eigenvalue weighted by Gasteiger charge is -2.32. The molecule has 0 radical (unpaired) electrons. The van der Waals surface area contributed by atoms with E-state index in [1.54, 1.807) is 23.1 Å². The zero-order valence-electron chi connectivity index (χ0n) is 31.5. The summed E-state index contributed by atoms with van der Waals surface area (Å²) in [5.41, 5.74) is -0.648. The van der Waals surface area contributed by atoms with Gasteiger partial charge in [-0.2, -0.15) is 9.97 Å². The lowest BCUT2D eigenvalue weighted by molar-refractivity contribution is -0.385. The number of hydrogen-bond donors (Lipinski definition) is 3. The number of para-hydroxylation sites is 1. The van der Waals surface area contributed by atoms with E-state index in [1.807, 2.05) is 72.7 Å². The standard InChI is InChI=1S/C37H53ClN8O5S/c1-9-19-37(8,32(48)51-35(4,5)6)40-21-20-39-33-42-31(43-34(44-33)52-25-27-15-17-29(38)18-16-27)36(7,10-2)41-22-23-45(26(3)47)24-28-13-11-12-14-30(28)46(49)50/h11-18,40-41H,9-10,19-25H2,1-8H3,(H,39,42,43,44). The molecule has 0 fully saturated rings. The minimum absolute atomic E-state index is 0.0241. The molecular weight excluding hydrogens is 704 g/mol. The van der Waals surface area contributed by atoms with Gasteiger partial charge in [-0.15, -0.1) is 0 Å². The second kappa shape index (κ2) is 19.3. The highest BCUT2D eigenvalue weighted by atomic mass is 35.5. The van der Waals surface area contributed by atoms with Crippen molar-refractivity contribution in [2.24, 2.45) is 0 Å². The van der Waals surface area contributed by atoms with Gasteiger partial charge in [-0.1, -0.05) is 74.0 Å². The van der Waals surface area contributed by atoms with Crippen molar-refractivity contribution in [2.75, 3.05) is 31.5 Å². The molecule has 0 aliphatic rings. The van der Waals surface area contributed by atoms with Crippen LogP contribution >= 0.6 is 23.4 Å². The van der Waals surface area contributed by atoms with Crippen LogP contribution in [0.3, 0.4) is 0 Å². The largest absolute Gasteiger partial charge is 0.459 e. The van der Waals surface area contributed by atoms with E-state index in [1.165, 1.54) is 24.8 Å². The molecular formula is C37H53ClN8O5S. The second-order valence-electron chi connectivity index (χ2n) is 14.1. The highest BCUT2D eigenvalue weighted by Gasteiger charge is 2.36. The summed E-state index contributed by atoms with van der Waals surface area (Å²) in [4.78, 5) is 52.8. The lowest BCUT2D eigenvalue weighted by atomic mass is 9.95. The molecule has 1 amide bonds. The van der Waals surface area contributed by atoms with E-state index in [0.717, 1.165) is 12.0 Å². The topological polar surface area (TPSA) is 165 Å². The first-order valence-corrected chi connectivity index (χ1v) is 18.9. The van der Waals surface area contributed by atoms with Gasteiger partial charge in [-0.25, -0.2) is 4.98 Å². The summed E-state index contributed by atoms with van der Waals surface area (Å²) >= 11 is 7.57. The smallest absolute Gasteiger partial charge is 0.326 e. The number of anilines is 1. The third kappa shape index (κ3) is 13.0. The third-order valence-electron chi connectivity index (χ3n) is 8.51. The fourth-order valence-electron chi connectivity index (χ4n) is 5.35. The summed E-state index contributed by atoms with van der Waals surface area (Å²) in [7, 11) is 0. The van der Waals surface area contributed by atoms with Crippen LogP contribution < -0.4 is 16.0 Å². The van der Waals surface area contributed by atoms with Crippen molar-refractivity contribution in [1.82, 2.24) is 30.5 Å². The summed E-state index contributed by atoms with van der Waals surface area (Å²) in [5, 5.41) is 23.0. The van der Waals surface area contributed by atoms with Gasteiger partial charge in [0.05, 0.1) is 17.0 Å². The number of ether oxygens (including phenoxy) is 1. The molecule has 0 saturated carbocycles. The van der Waals surface area contributed by atoms with Crippen LogP contribution in [0.5, 0.6) is 0 Å². The zero-order chi connectivity index (χ0) is 38.5. The minimum Gasteiger partial charge on any atom is -0.459 e. The van der Waals surface area contributed by atoms with Gasteiger partial charge in [0.1, 0.15) is 11.1 Å². The number of hydrogen-bond acceptors (Lipinski definition) is 12. The van der Waals surface area contributed by atoms with Crippen molar-refractivity contribution in [2.45, 2.75) is 109 Å². The molecule has 0 aliphatic carbocycles. The average Bonchev–Trinajstić information content (AvgIpc) is 3.08. The van der Waals surface area contributed by atoms with Crippen molar-refractivity contribution in [3.05, 3.63) is 80.6 Å². The maximum Gasteiger partial charge on any atom is 0.326 e. The lowest BCUT2D eigenvalue weighted by Crippen LogP contribution is -2.53. The molecule has 3 aromatic rings. The van der Waals surface area contributed by atoms with Crippen LogP contribution in [0.4, 0.5) is 11.6 Å². The number of benzene rings is 2. The van der Waals surface area contributed by atoms with Gasteiger partial charge >= 0.3 is 5.97 Å². The van der Waals surface area contributed by atoms with Crippen molar-refractivity contribution in [3.8, 4) is 0 Å². The number of nitrogens with one attached hydrogen (secondary N) is 3.